The van der Waals surface area contributed by atoms with Crippen molar-refractivity contribution in [2.24, 2.45) is 5.92 Å². The molecule has 2 aliphatic heterocycles. The molecule has 4 heterocycles. The van der Waals surface area contributed by atoms with Crippen molar-refractivity contribution in [1.29, 1.82) is 0 Å². The van der Waals surface area contributed by atoms with E-state index < -0.39 is 65.3 Å². The Bertz CT molecular complexity index is 2420. The lowest BCUT2D eigenvalue weighted by Crippen LogP contribution is -2.59. The van der Waals surface area contributed by atoms with E-state index in [0.29, 0.717) is 47.2 Å². The third-order valence-corrected chi connectivity index (χ3v) is 12.6. The highest BCUT2D eigenvalue weighted by atomic mass is 32.2. The fourth-order valence-corrected chi connectivity index (χ4v) is 9.00. The maximum Gasteiger partial charge on any atom is 0.340 e. The van der Waals surface area contributed by atoms with Gasteiger partial charge in [0.1, 0.15) is 23.7 Å². The van der Waals surface area contributed by atoms with Crippen LogP contribution in [-0.4, -0.2) is 107 Å². The molecule has 16 nitrogen and oxygen atoms in total. The molecule has 2 aromatic heterocycles. The Morgan fingerprint density at radius 1 is 0.954 bits per heavy atom. The average Bonchev–Trinajstić information content (AvgIpc) is 3.99. The molecule has 2 aliphatic rings. The van der Waals surface area contributed by atoms with E-state index in [4.69, 9.17) is 14.2 Å². The number of esters is 2. The Morgan fingerprint density at radius 2 is 1.68 bits per heavy atom. The zero-order chi connectivity index (χ0) is 46.7. The molecule has 4 N–H and O–H groups in total. The van der Waals surface area contributed by atoms with Crippen molar-refractivity contribution in [1.82, 2.24) is 30.8 Å². The second-order valence-electron chi connectivity index (χ2n) is 16.7. The van der Waals surface area contributed by atoms with Crippen molar-refractivity contribution in [2.45, 2.75) is 101 Å². The minimum absolute atomic E-state index is 0.0165. The van der Waals surface area contributed by atoms with Gasteiger partial charge in [-0.05, 0) is 69.1 Å². The number of benzene rings is 2. The molecular weight excluding hydrogens is 853 g/mol. The van der Waals surface area contributed by atoms with Gasteiger partial charge in [0.15, 0.2) is 5.78 Å². The monoisotopic (exact) mass is 908 g/mol. The fourth-order valence-electron chi connectivity index (χ4n) is 7.77. The van der Waals surface area contributed by atoms with Crippen LogP contribution in [0.1, 0.15) is 74.5 Å². The molecule has 1 fully saturated rings. The van der Waals surface area contributed by atoms with E-state index in [9.17, 15) is 33.6 Å². The van der Waals surface area contributed by atoms with Crippen LogP contribution in [0.15, 0.2) is 90.2 Å². The van der Waals surface area contributed by atoms with Gasteiger partial charge in [0.2, 0.25) is 17.7 Å². The number of fused-ring (bicyclic) bond motifs is 3. The molecule has 6 rings (SSSR count). The number of Topliss-reactive ketones (excluding diaryl/α,β-unsaturated/α-hetero) is 1. The predicted octanol–water partition coefficient (Wildman–Crippen LogP) is 4.33. The smallest absolute Gasteiger partial charge is 0.340 e. The van der Waals surface area contributed by atoms with E-state index in [-0.39, 0.29) is 54.6 Å². The number of carbonyl (C=O) groups excluding carboxylic acids is 7. The highest BCUT2D eigenvalue weighted by Gasteiger charge is 2.50. The number of aromatic nitrogens is 2. The summed E-state index contributed by atoms with van der Waals surface area (Å²) in [6.07, 6.45) is 5.80. The van der Waals surface area contributed by atoms with Gasteiger partial charge in [-0.25, -0.2) is 9.59 Å². The Kier molecular flexibility index (Phi) is 16.3. The first-order chi connectivity index (χ1) is 31.2. The molecule has 0 saturated carbocycles. The summed E-state index contributed by atoms with van der Waals surface area (Å²) in [5, 5.41) is 13.5. The van der Waals surface area contributed by atoms with Gasteiger partial charge in [0.05, 0.1) is 48.7 Å². The number of epoxide rings is 1. The van der Waals surface area contributed by atoms with Crippen molar-refractivity contribution in [3.63, 3.8) is 0 Å². The van der Waals surface area contributed by atoms with Crippen LogP contribution in [-0.2, 0) is 55.9 Å². The zero-order valence-electron chi connectivity index (χ0n) is 37.2. The maximum absolute atomic E-state index is 14.6. The number of hydrogen-bond acceptors (Lipinski definition) is 12. The summed E-state index contributed by atoms with van der Waals surface area (Å²) in [4.78, 5) is 101. The lowest BCUT2D eigenvalue weighted by atomic mass is 9.93. The van der Waals surface area contributed by atoms with E-state index in [1.807, 2.05) is 60.9 Å². The van der Waals surface area contributed by atoms with Gasteiger partial charge in [-0.15, -0.1) is 11.8 Å². The van der Waals surface area contributed by atoms with Crippen LogP contribution in [0.4, 0.5) is 0 Å². The number of thioether (sulfide) groups is 1. The van der Waals surface area contributed by atoms with Crippen LogP contribution in [0.2, 0.25) is 0 Å². The van der Waals surface area contributed by atoms with Crippen molar-refractivity contribution < 1.29 is 47.8 Å². The van der Waals surface area contributed by atoms with Gasteiger partial charge < -0.3 is 40.0 Å². The number of ether oxygens (including phenoxy) is 3. The lowest BCUT2D eigenvalue weighted by Gasteiger charge is -2.27. The topological polar surface area (TPSA) is 216 Å². The molecule has 65 heavy (non-hydrogen) atoms. The van der Waals surface area contributed by atoms with E-state index in [1.165, 1.54) is 38.4 Å². The second kappa shape index (κ2) is 22.0. The highest BCUT2D eigenvalue weighted by molar-refractivity contribution is 7.99. The first-order valence-corrected chi connectivity index (χ1v) is 22.7. The Labute approximate surface area is 382 Å². The number of methoxy groups -OCH3 is 2. The first kappa shape index (κ1) is 48.1. The highest BCUT2D eigenvalue weighted by Crippen LogP contribution is 2.38. The first-order valence-electron chi connectivity index (χ1n) is 21.7. The number of pyridine rings is 1. The molecule has 17 heteroatoms. The van der Waals surface area contributed by atoms with Gasteiger partial charge in [-0.1, -0.05) is 68.4 Å². The Hall–Kier alpha value is -6.33. The molecule has 0 bridgehead atoms. The molecule has 5 atom stereocenters. The number of nitrogens with one attached hydrogen (secondary N) is 4. The molecule has 1 saturated heterocycles. The third-order valence-electron chi connectivity index (χ3n) is 11.4. The number of hydrogen-bond donors (Lipinski definition) is 4. The number of carbonyl (C=O) groups is 7. The molecule has 0 radical (unpaired) electrons. The molecule has 0 aliphatic carbocycles. The number of aryl methyl sites for hydroxylation is 1. The molecule has 4 amide bonds. The van der Waals surface area contributed by atoms with E-state index in [0.717, 1.165) is 11.6 Å². The number of amides is 4. The molecule has 0 spiro atoms. The summed E-state index contributed by atoms with van der Waals surface area (Å²) in [7, 11) is 2.40. The minimum atomic E-state index is -1.26. The third kappa shape index (κ3) is 12.3. The molecule has 2 aromatic carbocycles. The minimum Gasteiger partial charge on any atom is -0.466 e. The molecular formula is C48H56N6O10S. The summed E-state index contributed by atoms with van der Waals surface area (Å²) in [6, 6.07) is 15.4. The van der Waals surface area contributed by atoms with Gasteiger partial charge in [0, 0.05) is 41.5 Å². The maximum atomic E-state index is 14.6. The number of nitrogens with zero attached hydrogens (tertiary/aromatic N) is 2. The van der Waals surface area contributed by atoms with Gasteiger partial charge in [-0.3, -0.25) is 29.0 Å². The SMILES string of the molecule is COC(=O)/C=C(\C(=O)OC)c1c2ccccc2c2n1CCCC[C@H](NC(=O)c1cccnc1)C(=O)N[C@@H](CCc1ccccc1)C(=O)N[C@H](C(=O)N[C@@H](CC(C)C)C(=O)[C@@]1(C)CO1)CS2. The summed E-state index contributed by atoms with van der Waals surface area (Å²) in [5.74, 6) is -4.33. The molecule has 4 aromatic rings. The van der Waals surface area contributed by atoms with Crippen LogP contribution in [0.25, 0.3) is 16.3 Å². The van der Waals surface area contributed by atoms with E-state index in [2.05, 4.69) is 26.3 Å². The lowest BCUT2D eigenvalue weighted by molar-refractivity contribution is -0.136. The number of rotatable bonds is 14. The van der Waals surface area contributed by atoms with Crippen LogP contribution < -0.4 is 21.3 Å². The Morgan fingerprint density at radius 3 is 2.34 bits per heavy atom. The number of ketones is 1. The van der Waals surface area contributed by atoms with E-state index >= 15 is 0 Å². The standard InChI is InChI=1S/C48H56N6O10S/c1-29(2)24-37(41(56)48(3)28-64-48)52-45(60)38-27-65-46-33-18-10-9-17-32(33)40(34(47(61)63-5)25-39(55)62-4)54(46)23-12-11-19-35(50-42(57)31-16-13-22-49-26-31)43(58)51-36(44(59)53-38)21-20-30-14-7-6-8-15-30/h6-10,13-18,22,25-26,29,35-38H,11-12,19-21,23-24,27-28H2,1-5H3,(H,50,57)(H,51,58)(H,52,60)(H,53,59)/b34-25-/t35-,36-,37-,38-,48+/m0/s1. The van der Waals surface area contributed by atoms with Crippen LogP contribution in [0.3, 0.4) is 0 Å². The molecule has 0 unspecified atom stereocenters. The van der Waals surface area contributed by atoms with Crippen molar-refractivity contribution in [3.8, 4) is 0 Å². The van der Waals surface area contributed by atoms with E-state index in [1.54, 1.807) is 31.2 Å². The van der Waals surface area contributed by atoms with Gasteiger partial charge >= 0.3 is 11.9 Å². The van der Waals surface area contributed by atoms with Crippen molar-refractivity contribution in [3.05, 3.63) is 102 Å². The van der Waals surface area contributed by atoms with Gasteiger partial charge in [0.25, 0.3) is 5.91 Å². The van der Waals surface area contributed by atoms with Crippen LogP contribution in [0.5, 0.6) is 0 Å². The predicted molar refractivity (Wildman–Crippen MR) is 243 cm³/mol. The molecule has 344 valence electrons. The summed E-state index contributed by atoms with van der Waals surface area (Å²) in [5.41, 5.74) is 0.399. The Balaban J connectivity index is 1.45. The van der Waals surface area contributed by atoms with Crippen molar-refractivity contribution >= 4 is 69.5 Å². The largest absolute Gasteiger partial charge is 0.466 e. The second-order valence-corrected chi connectivity index (χ2v) is 17.7. The zero-order valence-corrected chi connectivity index (χ0v) is 38.0. The fraction of sp³-hybridized carbons (Fsp3) is 0.417. The summed E-state index contributed by atoms with van der Waals surface area (Å²) >= 11 is 1.25. The quantitative estimate of drug-likeness (QED) is 0.0791. The normalized spacial score (nSPS) is 21.1. The average molecular weight is 909 g/mol. The van der Waals surface area contributed by atoms with Gasteiger partial charge in [-0.2, -0.15) is 0 Å². The van der Waals surface area contributed by atoms with Crippen LogP contribution >= 0.6 is 11.8 Å². The van der Waals surface area contributed by atoms with Crippen LogP contribution in [0, 0.1) is 5.92 Å². The summed E-state index contributed by atoms with van der Waals surface area (Å²) < 4.78 is 17.4. The van der Waals surface area contributed by atoms with Crippen molar-refractivity contribution in [2.75, 3.05) is 26.6 Å². The summed E-state index contributed by atoms with van der Waals surface area (Å²) in [6.45, 7) is 6.02.